The number of nitrogens with one attached hydrogen (secondary N) is 2. The summed E-state index contributed by atoms with van der Waals surface area (Å²) >= 11 is 0. The van der Waals surface area contributed by atoms with Crippen molar-refractivity contribution in [2.75, 3.05) is 18.5 Å². The van der Waals surface area contributed by atoms with Gasteiger partial charge in [-0.05, 0) is 38.1 Å². The Hall–Kier alpha value is -2.01. The summed E-state index contributed by atoms with van der Waals surface area (Å²) in [6, 6.07) is 7.98. The lowest BCUT2D eigenvalue weighted by Gasteiger charge is -2.15. The van der Waals surface area contributed by atoms with Crippen LogP contribution in [0, 0.1) is 0 Å². The van der Waals surface area contributed by atoms with Gasteiger partial charge in [-0.25, -0.2) is 4.79 Å². The van der Waals surface area contributed by atoms with E-state index in [0.29, 0.717) is 6.61 Å². The number of aromatic amines is 1. The molecule has 0 aliphatic carbocycles. The molecule has 5 nitrogen and oxygen atoms in total. The fourth-order valence-electron chi connectivity index (χ4n) is 1.86. The van der Waals surface area contributed by atoms with Gasteiger partial charge in [0.1, 0.15) is 0 Å². The first-order valence-electron chi connectivity index (χ1n) is 6.41. The number of anilines is 1. The van der Waals surface area contributed by atoms with E-state index in [2.05, 4.69) is 17.2 Å². The van der Waals surface area contributed by atoms with Gasteiger partial charge in [0, 0.05) is 30.7 Å². The van der Waals surface area contributed by atoms with Crippen molar-refractivity contribution in [2.45, 2.75) is 19.9 Å². The van der Waals surface area contributed by atoms with Gasteiger partial charge in [0.15, 0.2) is 0 Å². The monoisotopic (exact) mass is 261 g/mol. The Bertz CT molecular complexity index is 557. The third kappa shape index (κ3) is 3.48. The van der Waals surface area contributed by atoms with Crippen LogP contribution in [0.15, 0.2) is 41.5 Å². The number of aromatic nitrogens is 2. The first-order valence-corrected chi connectivity index (χ1v) is 6.41. The molecule has 2 aromatic rings. The molecule has 1 unspecified atom stereocenters. The number of hydrogen-bond donors (Lipinski definition) is 2. The molecule has 0 aliphatic rings. The van der Waals surface area contributed by atoms with Gasteiger partial charge in [-0.1, -0.05) is 0 Å². The Morgan fingerprint density at radius 1 is 1.37 bits per heavy atom. The molecule has 2 N–H and O–H groups in total. The molecule has 0 aliphatic heterocycles. The number of ether oxygens (including phenoxy) is 1. The zero-order valence-corrected chi connectivity index (χ0v) is 11.2. The molecule has 1 aromatic carbocycles. The Labute approximate surface area is 112 Å². The molecule has 0 saturated carbocycles. The van der Waals surface area contributed by atoms with E-state index >= 15 is 0 Å². The quantitative estimate of drug-likeness (QED) is 0.836. The predicted octanol–water partition coefficient (Wildman–Crippen LogP) is 2.00. The van der Waals surface area contributed by atoms with E-state index in [1.165, 1.54) is 0 Å². The van der Waals surface area contributed by atoms with Gasteiger partial charge in [0.2, 0.25) is 0 Å². The van der Waals surface area contributed by atoms with E-state index in [9.17, 15) is 4.79 Å². The van der Waals surface area contributed by atoms with Crippen LogP contribution in [-0.2, 0) is 4.74 Å². The molecule has 1 aromatic heterocycles. The molecule has 1 heterocycles. The minimum atomic E-state index is -0.134. The van der Waals surface area contributed by atoms with Crippen molar-refractivity contribution in [2.24, 2.45) is 0 Å². The molecule has 2 rings (SSSR count). The Balaban J connectivity index is 2.03. The van der Waals surface area contributed by atoms with Crippen LogP contribution < -0.4 is 11.0 Å². The van der Waals surface area contributed by atoms with Gasteiger partial charge >= 0.3 is 5.69 Å². The zero-order valence-electron chi connectivity index (χ0n) is 11.2. The van der Waals surface area contributed by atoms with Gasteiger partial charge in [0.25, 0.3) is 0 Å². The highest BCUT2D eigenvalue weighted by molar-refractivity contribution is 5.49. The molecule has 1 atom stereocenters. The normalized spacial score (nSPS) is 12.3. The van der Waals surface area contributed by atoms with Crippen LogP contribution in [0.4, 0.5) is 5.69 Å². The average Bonchev–Trinajstić information content (AvgIpc) is 2.83. The van der Waals surface area contributed by atoms with E-state index in [1.54, 1.807) is 17.0 Å². The molecule has 0 spiro atoms. The molecule has 0 amide bonds. The fraction of sp³-hybridized carbons (Fsp3) is 0.357. The van der Waals surface area contributed by atoms with E-state index in [-0.39, 0.29) is 11.7 Å². The summed E-state index contributed by atoms with van der Waals surface area (Å²) in [7, 11) is 0. The maximum absolute atomic E-state index is 11.5. The summed E-state index contributed by atoms with van der Waals surface area (Å²) < 4.78 is 6.92. The minimum absolute atomic E-state index is 0.134. The van der Waals surface area contributed by atoms with Gasteiger partial charge < -0.3 is 15.0 Å². The molecule has 0 radical (unpaired) electrons. The summed E-state index contributed by atoms with van der Waals surface area (Å²) in [6.07, 6.45) is 3.33. The molecular weight excluding hydrogens is 242 g/mol. The second-order valence-electron chi connectivity index (χ2n) is 4.39. The number of benzene rings is 1. The second-order valence-corrected chi connectivity index (χ2v) is 4.39. The average molecular weight is 261 g/mol. The maximum atomic E-state index is 11.5. The molecule has 0 bridgehead atoms. The van der Waals surface area contributed by atoms with Gasteiger partial charge in [-0.3, -0.25) is 4.57 Å². The summed E-state index contributed by atoms with van der Waals surface area (Å²) in [4.78, 5) is 14.1. The molecule has 0 saturated heterocycles. The Kier molecular flexibility index (Phi) is 4.41. The minimum Gasteiger partial charge on any atom is -0.380 e. The summed E-state index contributed by atoms with van der Waals surface area (Å²) in [6.45, 7) is 5.45. The summed E-state index contributed by atoms with van der Waals surface area (Å²) in [5, 5.41) is 3.34. The number of imidazole rings is 1. The van der Waals surface area contributed by atoms with Crippen molar-refractivity contribution < 1.29 is 4.74 Å². The SMILES string of the molecule is CCOCC(C)Nc1ccc(-n2cc[nH]c2=O)cc1. The van der Waals surface area contributed by atoms with Crippen molar-refractivity contribution in [3.05, 3.63) is 47.1 Å². The molecular formula is C14H19N3O2. The van der Waals surface area contributed by atoms with E-state index < -0.39 is 0 Å². The first kappa shape index (κ1) is 13.4. The Morgan fingerprint density at radius 3 is 2.68 bits per heavy atom. The lowest BCUT2D eigenvalue weighted by atomic mass is 10.2. The highest BCUT2D eigenvalue weighted by Crippen LogP contribution is 2.13. The van der Waals surface area contributed by atoms with Crippen molar-refractivity contribution in [1.29, 1.82) is 0 Å². The maximum Gasteiger partial charge on any atom is 0.330 e. The molecule has 0 fully saturated rings. The smallest absolute Gasteiger partial charge is 0.330 e. The fourth-order valence-corrected chi connectivity index (χ4v) is 1.86. The highest BCUT2D eigenvalue weighted by Gasteiger charge is 2.03. The van der Waals surface area contributed by atoms with Crippen LogP contribution in [0.5, 0.6) is 0 Å². The molecule has 19 heavy (non-hydrogen) atoms. The van der Waals surface area contributed by atoms with Gasteiger partial charge in [-0.15, -0.1) is 0 Å². The largest absolute Gasteiger partial charge is 0.380 e. The van der Waals surface area contributed by atoms with Crippen molar-refractivity contribution in [1.82, 2.24) is 9.55 Å². The molecule has 5 heteroatoms. The van der Waals surface area contributed by atoms with Gasteiger partial charge in [-0.2, -0.15) is 0 Å². The lowest BCUT2D eigenvalue weighted by Crippen LogP contribution is -2.21. The van der Waals surface area contributed by atoms with E-state index in [0.717, 1.165) is 18.0 Å². The van der Waals surface area contributed by atoms with Crippen LogP contribution in [0.3, 0.4) is 0 Å². The van der Waals surface area contributed by atoms with Crippen LogP contribution in [0.1, 0.15) is 13.8 Å². The first-order chi connectivity index (χ1) is 9.20. The number of rotatable bonds is 6. The van der Waals surface area contributed by atoms with Crippen molar-refractivity contribution in [3.8, 4) is 5.69 Å². The van der Waals surface area contributed by atoms with Crippen molar-refractivity contribution >= 4 is 5.69 Å². The zero-order chi connectivity index (χ0) is 13.7. The summed E-state index contributed by atoms with van der Waals surface area (Å²) in [5.41, 5.74) is 1.72. The molecule has 102 valence electrons. The summed E-state index contributed by atoms with van der Waals surface area (Å²) in [5.74, 6) is 0. The number of H-pyrrole nitrogens is 1. The number of nitrogens with zero attached hydrogens (tertiary/aromatic N) is 1. The van der Waals surface area contributed by atoms with Crippen molar-refractivity contribution in [3.63, 3.8) is 0 Å². The second kappa shape index (κ2) is 6.24. The third-order valence-corrected chi connectivity index (χ3v) is 2.78. The lowest BCUT2D eigenvalue weighted by molar-refractivity contribution is 0.141. The standard InChI is InChI=1S/C14H19N3O2/c1-3-19-10-11(2)16-12-4-6-13(7-5-12)17-9-8-15-14(17)18/h4-9,11,16H,3,10H2,1-2H3,(H,15,18). The highest BCUT2D eigenvalue weighted by atomic mass is 16.5. The van der Waals surface area contributed by atoms with E-state index in [4.69, 9.17) is 4.74 Å². The topological polar surface area (TPSA) is 59.0 Å². The van der Waals surface area contributed by atoms with Crippen LogP contribution >= 0.6 is 0 Å². The van der Waals surface area contributed by atoms with Gasteiger partial charge in [0.05, 0.1) is 12.3 Å². The van der Waals surface area contributed by atoms with E-state index in [1.807, 2.05) is 31.2 Å². The van der Waals surface area contributed by atoms with Crippen LogP contribution in [-0.4, -0.2) is 28.8 Å². The predicted molar refractivity (Wildman–Crippen MR) is 76.0 cm³/mol. The Morgan fingerprint density at radius 2 is 2.11 bits per heavy atom. The van der Waals surface area contributed by atoms with Crippen LogP contribution in [0.2, 0.25) is 0 Å². The third-order valence-electron chi connectivity index (χ3n) is 2.78. The number of hydrogen-bond acceptors (Lipinski definition) is 3. The van der Waals surface area contributed by atoms with Crippen LogP contribution in [0.25, 0.3) is 5.69 Å².